The number of amides is 1. The zero-order valence-electron chi connectivity index (χ0n) is 18.6. The number of likely N-dealkylation sites (tertiary alicyclic amines) is 1. The van der Waals surface area contributed by atoms with Gasteiger partial charge >= 0.3 is 0 Å². The summed E-state index contributed by atoms with van der Waals surface area (Å²) in [4.78, 5) is 36.3. The molecule has 0 unspecified atom stereocenters. The highest BCUT2D eigenvalue weighted by Crippen LogP contribution is 2.35. The van der Waals surface area contributed by atoms with Gasteiger partial charge < -0.3 is 9.80 Å². The van der Waals surface area contributed by atoms with E-state index in [9.17, 15) is 4.79 Å². The van der Waals surface area contributed by atoms with Gasteiger partial charge in [0.15, 0.2) is 5.82 Å². The average Bonchev–Trinajstić information content (AvgIpc) is 3.44. The maximum Gasteiger partial charge on any atom is 0.229 e. The van der Waals surface area contributed by atoms with Crippen molar-refractivity contribution in [2.24, 2.45) is 0 Å². The van der Waals surface area contributed by atoms with Gasteiger partial charge in [-0.25, -0.2) is 15.0 Å². The van der Waals surface area contributed by atoms with Crippen molar-refractivity contribution in [1.29, 1.82) is 0 Å². The van der Waals surface area contributed by atoms with Crippen LogP contribution < -0.4 is 4.90 Å². The number of thiazole rings is 1. The van der Waals surface area contributed by atoms with Crippen molar-refractivity contribution in [3.05, 3.63) is 63.3 Å². The van der Waals surface area contributed by atoms with Gasteiger partial charge in [-0.15, -0.1) is 11.3 Å². The van der Waals surface area contributed by atoms with Crippen LogP contribution in [0.25, 0.3) is 0 Å². The number of carbonyl (C=O) groups excluding carboxylic acids is 1. The van der Waals surface area contributed by atoms with Crippen molar-refractivity contribution in [2.75, 3.05) is 18.0 Å². The molecule has 0 spiro atoms. The Labute approximate surface area is 192 Å². The summed E-state index contributed by atoms with van der Waals surface area (Å²) in [6, 6.07) is 5.96. The molecule has 3 aromatic rings. The van der Waals surface area contributed by atoms with Crippen molar-refractivity contribution in [1.82, 2.24) is 24.8 Å². The van der Waals surface area contributed by atoms with E-state index in [-0.39, 0.29) is 11.9 Å². The number of fused-ring (bicyclic) bond motifs is 1. The molecule has 8 heteroatoms. The first kappa shape index (κ1) is 21.0. The summed E-state index contributed by atoms with van der Waals surface area (Å²) < 4.78 is 0. The van der Waals surface area contributed by atoms with E-state index in [1.54, 1.807) is 11.3 Å². The molecule has 7 nitrogen and oxygen atoms in total. The van der Waals surface area contributed by atoms with Crippen LogP contribution in [0.5, 0.6) is 0 Å². The summed E-state index contributed by atoms with van der Waals surface area (Å²) >= 11 is 1.59. The van der Waals surface area contributed by atoms with Crippen LogP contribution >= 0.6 is 11.3 Å². The third-order valence-corrected chi connectivity index (χ3v) is 7.14. The lowest BCUT2D eigenvalue weighted by Crippen LogP contribution is -2.35. The molecule has 5 heterocycles. The molecule has 2 aliphatic heterocycles. The van der Waals surface area contributed by atoms with Crippen molar-refractivity contribution in [2.45, 2.75) is 58.5 Å². The van der Waals surface area contributed by atoms with Crippen LogP contribution in [0.2, 0.25) is 0 Å². The summed E-state index contributed by atoms with van der Waals surface area (Å²) in [5.74, 6) is 1.90. The normalized spacial score (nSPS) is 18.1. The first-order chi connectivity index (χ1) is 15.6. The van der Waals surface area contributed by atoms with E-state index in [2.05, 4.69) is 27.9 Å². The topological polar surface area (TPSA) is 75.1 Å². The van der Waals surface area contributed by atoms with Crippen LogP contribution in [-0.2, 0) is 24.2 Å². The van der Waals surface area contributed by atoms with Gasteiger partial charge in [-0.2, -0.15) is 0 Å². The molecule has 1 saturated heterocycles. The lowest BCUT2D eigenvalue weighted by Gasteiger charge is -2.32. The maximum absolute atomic E-state index is 13.1. The molecule has 0 aliphatic carbocycles. The number of rotatable bonds is 5. The van der Waals surface area contributed by atoms with E-state index in [1.807, 2.05) is 35.5 Å². The standard InChI is InChI=1S/C24H28N6OS/c1-16-20-8-5-11-29(14-18-7-3-4-10-25-18)24(20)28-23(26-16)21-9-6-12-30(21)22(31)13-19-15-32-17(2)27-19/h3-4,7,10,15,21H,5-6,8-9,11-14H2,1-2H3/t21-/m1/s1. The lowest BCUT2D eigenvalue weighted by molar-refractivity contribution is -0.131. The summed E-state index contributed by atoms with van der Waals surface area (Å²) in [6.07, 6.45) is 6.14. The molecule has 0 radical (unpaired) electrons. The van der Waals surface area contributed by atoms with Crippen molar-refractivity contribution >= 4 is 23.1 Å². The average molecular weight is 449 g/mol. The van der Waals surface area contributed by atoms with Gasteiger partial charge in [-0.3, -0.25) is 9.78 Å². The fraction of sp³-hybridized carbons (Fsp3) is 0.458. The molecule has 1 atom stereocenters. The minimum Gasteiger partial charge on any atom is -0.350 e. The first-order valence-electron chi connectivity index (χ1n) is 11.3. The second-order valence-corrected chi connectivity index (χ2v) is 9.66. The number of anilines is 1. The number of pyridine rings is 1. The molecule has 166 valence electrons. The predicted octanol–water partition coefficient (Wildman–Crippen LogP) is 3.80. The number of aromatic nitrogens is 4. The number of nitrogens with zero attached hydrogens (tertiary/aromatic N) is 6. The lowest BCUT2D eigenvalue weighted by atomic mass is 10.0. The number of hydrogen-bond acceptors (Lipinski definition) is 7. The van der Waals surface area contributed by atoms with Crippen LogP contribution in [0.3, 0.4) is 0 Å². The maximum atomic E-state index is 13.1. The van der Waals surface area contributed by atoms with E-state index >= 15 is 0 Å². The van der Waals surface area contributed by atoms with Gasteiger partial charge in [-0.05, 0) is 51.7 Å². The van der Waals surface area contributed by atoms with Crippen LogP contribution in [-0.4, -0.2) is 43.8 Å². The molecule has 0 bridgehead atoms. The van der Waals surface area contributed by atoms with Crippen molar-refractivity contribution in [3.63, 3.8) is 0 Å². The molecule has 1 amide bonds. The summed E-state index contributed by atoms with van der Waals surface area (Å²) in [5, 5.41) is 2.97. The molecular formula is C24H28N6OS. The molecule has 32 heavy (non-hydrogen) atoms. The van der Waals surface area contributed by atoms with E-state index in [1.165, 1.54) is 5.56 Å². The smallest absolute Gasteiger partial charge is 0.229 e. The SMILES string of the molecule is Cc1nc(CC(=O)N2CCC[C@@H]2c2nc(C)c3c(n2)N(Cc2ccccn2)CCC3)cs1. The van der Waals surface area contributed by atoms with Gasteiger partial charge in [0.05, 0.1) is 35.4 Å². The molecule has 0 N–H and O–H groups in total. The molecule has 3 aromatic heterocycles. The van der Waals surface area contributed by atoms with Crippen molar-refractivity contribution in [3.8, 4) is 0 Å². The van der Waals surface area contributed by atoms with Gasteiger partial charge in [0.2, 0.25) is 5.91 Å². The molecule has 0 saturated carbocycles. The van der Waals surface area contributed by atoms with Gasteiger partial charge in [0, 0.05) is 35.9 Å². The van der Waals surface area contributed by atoms with Crippen LogP contribution in [0.1, 0.15) is 58.8 Å². The predicted molar refractivity (Wildman–Crippen MR) is 125 cm³/mol. The zero-order chi connectivity index (χ0) is 22.1. The minimum atomic E-state index is -0.0649. The van der Waals surface area contributed by atoms with Crippen LogP contribution in [0, 0.1) is 13.8 Å². The quantitative estimate of drug-likeness (QED) is 0.591. The molecular weight excluding hydrogens is 420 g/mol. The monoisotopic (exact) mass is 448 g/mol. The number of carbonyl (C=O) groups is 1. The Morgan fingerprint density at radius 1 is 1.12 bits per heavy atom. The van der Waals surface area contributed by atoms with Crippen LogP contribution in [0.4, 0.5) is 5.82 Å². The summed E-state index contributed by atoms with van der Waals surface area (Å²) in [5.41, 5.74) is 4.15. The fourth-order valence-corrected chi connectivity index (χ4v) is 5.39. The van der Waals surface area contributed by atoms with Gasteiger partial charge in [0.1, 0.15) is 5.82 Å². The van der Waals surface area contributed by atoms with Crippen LogP contribution in [0.15, 0.2) is 29.8 Å². The Balaban J connectivity index is 1.41. The minimum absolute atomic E-state index is 0.0649. The molecule has 5 rings (SSSR count). The highest BCUT2D eigenvalue weighted by molar-refractivity contribution is 7.09. The largest absolute Gasteiger partial charge is 0.350 e. The Morgan fingerprint density at radius 3 is 2.81 bits per heavy atom. The number of hydrogen-bond donors (Lipinski definition) is 0. The zero-order valence-corrected chi connectivity index (χ0v) is 19.4. The van der Waals surface area contributed by atoms with E-state index < -0.39 is 0 Å². The van der Waals surface area contributed by atoms with Gasteiger partial charge in [0.25, 0.3) is 0 Å². The second-order valence-electron chi connectivity index (χ2n) is 8.60. The van der Waals surface area contributed by atoms with E-state index in [0.717, 1.165) is 79.0 Å². The summed E-state index contributed by atoms with van der Waals surface area (Å²) in [7, 11) is 0. The molecule has 0 aromatic carbocycles. The van der Waals surface area contributed by atoms with E-state index in [4.69, 9.17) is 9.97 Å². The Bertz CT molecular complexity index is 1110. The summed E-state index contributed by atoms with van der Waals surface area (Å²) in [6.45, 7) is 6.49. The molecule has 2 aliphatic rings. The Kier molecular flexibility index (Phi) is 5.87. The highest BCUT2D eigenvalue weighted by atomic mass is 32.1. The second kappa shape index (κ2) is 8.94. The third kappa shape index (κ3) is 4.24. The number of aryl methyl sites for hydroxylation is 2. The third-order valence-electron chi connectivity index (χ3n) is 6.31. The Hall–Kier alpha value is -2.87. The first-order valence-corrected chi connectivity index (χ1v) is 12.2. The van der Waals surface area contributed by atoms with E-state index in [0.29, 0.717) is 6.42 Å². The highest BCUT2D eigenvalue weighted by Gasteiger charge is 2.34. The van der Waals surface area contributed by atoms with Crippen molar-refractivity contribution < 1.29 is 4.79 Å². The van der Waals surface area contributed by atoms with Gasteiger partial charge in [-0.1, -0.05) is 6.07 Å². The fourth-order valence-electron chi connectivity index (χ4n) is 4.78. The molecule has 1 fully saturated rings. The Morgan fingerprint density at radius 2 is 2.03 bits per heavy atom.